The number of nitrogens with zero attached hydrogens (tertiary/aromatic N) is 4. The van der Waals surface area contributed by atoms with Crippen molar-refractivity contribution in [1.29, 1.82) is 0 Å². The minimum Gasteiger partial charge on any atom is -0.463 e. The summed E-state index contributed by atoms with van der Waals surface area (Å²) in [5, 5.41) is 3.66. The summed E-state index contributed by atoms with van der Waals surface area (Å²) in [6.45, 7) is 4.07. The number of aryl methyl sites for hydroxylation is 1. The summed E-state index contributed by atoms with van der Waals surface area (Å²) in [6.07, 6.45) is 10.00. The molecule has 3 N–H and O–H groups in total. The summed E-state index contributed by atoms with van der Waals surface area (Å²) >= 11 is 0. The second kappa shape index (κ2) is 9.74. The fourth-order valence-electron chi connectivity index (χ4n) is 4.97. The van der Waals surface area contributed by atoms with Gasteiger partial charge in [0.2, 0.25) is 0 Å². The lowest BCUT2D eigenvalue weighted by Gasteiger charge is -2.26. The number of nitrogen functional groups attached to an aromatic ring is 1. The van der Waals surface area contributed by atoms with Gasteiger partial charge in [-0.1, -0.05) is 61.0 Å². The number of anilines is 1. The van der Waals surface area contributed by atoms with Crippen molar-refractivity contribution < 1.29 is 4.74 Å². The van der Waals surface area contributed by atoms with Crippen molar-refractivity contribution >= 4 is 17.0 Å². The Labute approximate surface area is 211 Å². The van der Waals surface area contributed by atoms with Crippen LogP contribution in [0.25, 0.3) is 22.3 Å². The van der Waals surface area contributed by atoms with Gasteiger partial charge in [0.15, 0.2) is 17.0 Å². The minimum atomic E-state index is 0.300. The summed E-state index contributed by atoms with van der Waals surface area (Å²) in [5.41, 5.74) is 13.9. The summed E-state index contributed by atoms with van der Waals surface area (Å²) in [4.78, 5) is 13.6. The molecular formula is C29H32N6O. The molecule has 0 atom stereocenters. The first-order valence-electron chi connectivity index (χ1n) is 12.9. The van der Waals surface area contributed by atoms with Crippen molar-refractivity contribution in [3.8, 4) is 17.1 Å². The fourth-order valence-corrected chi connectivity index (χ4v) is 4.97. The summed E-state index contributed by atoms with van der Waals surface area (Å²) in [5.74, 6) is 1.20. The predicted molar refractivity (Wildman–Crippen MR) is 143 cm³/mol. The highest BCUT2D eigenvalue weighted by molar-refractivity contribution is 5.82. The van der Waals surface area contributed by atoms with Crippen LogP contribution in [0.1, 0.15) is 48.2 Å². The van der Waals surface area contributed by atoms with E-state index in [4.69, 9.17) is 10.5 Å². The Hall–Kier alpha value is -3.71. The van der Waals surface area contributed by atoms with Gasteiger partial charge >= 0.3 is 6.01 Å². The van der Waals surface area contributed by atoms with Gasteiger partial charge in [-0.05, 0) is 60.4 Å². The van der Waals surface area contributed by atoms with Crippen LogP contribution in [0.5, 0.6) is 6.01 Å². The van der Waals surface area contributed by atoms with Gasteiger partial charge in [0.1, 0.15) is 5.82 Å². The van der Waals surface area contributed by atoms with Crippen LogP contribution in [0.4, 0.5) is 5.82 Å². The zero-order valence-corrected chi connectivity index (χ0v) is 20.7. The molecule has 3 heterocycles. The molecule has 1 aliphatic carbocycles. The van der Waals surface area contributed by atoms with Gasteiger partial charge in [-0.25, -0.2) is 4.98 Å². The van der Waals surface area contributed by atoms with E-state index in [0.717, 1.165) is 25.2 Å². The minimum absolute atomic E-state index is 0.300. The van der Waals surface area contributed by atoms with Crippen molar-refractivity contribution in [2.75, 3.05) is 12.3 Å². The van der Waals surface area contributed by atoms with E-state index in [1.54, 1.807) is 0 Å². The highest BCUT2D eigenvalue weighted by Crippen LogP contribution is 2.28. The van der Waals surface area contributed by atoms with Gasteiger partial charge in [0.05, 0.1) is 13.2 Å². The molecule has 4 aromatic rings. The van der Waals surface area contributed by atoms with Gasteiger partial charge in [0, 0.05) is 12.6 Å². The molecule has 36 heavy (non-hydrogen) atoms. The van der Waals surface area contributed by atoms with Crippen LogP contribution in [-0.2, 0) is 19.5 Å². The number of aromatic nitrogens is 4. The summed E-state index contributed by atoms with van der Waals surface area (Å²) in [7, 11) is 0. The van der Waals surface area contributed by atoms with Crippen LogP contribution in [0.3, 0.4) is 0 Å². The fraction of sp³-hybridized carbons (Fsp3) is 0.345. The number of benzene rings is 2. The smallest absolute Gasteiger partial charge is 0.320 e. The Balaban J connectivity index is 1.33. The van der Waals surface area contributed by atoms with E-state index in [-0.39, 0.29) is 0 Å². The molecule has 4 bridgehead atoms. The van der Waals surface area contributed by atoms with Crippen molar-refractivity contribution in [3.05, 3.63) is 77.1 Å². The van der Waals surface area contributed by atoms with E-state index >= 15 is 0 Å². The first-order valence-corrected chi connectivity index (χ1v) is 12.9. The van der Waals surface area contributed by atoms with E-state index in [1.165, 1.54) is 47.1 Å². The van der Waals surface area contributed by atoms with Gasteiger partial charge in [-0.2, -0.15) is 9.97 Å². The zero-order valence-electron chi connectivity index (χ0n) is 20.7. The quantitative estimate of drug-likeness (QED) is 0.402. The maximum absolute atomic E-state index is 6.19. The number of hydrogen-bond donors (Lipinski definition) is 2. The Bertz CT molecular complexity index is 1420. The Morgan fingerprint density at radius 1 is 1.06 bits per heavy atom. The molecule has 2 aromatic heterocycles. The van der Waals surface area contributed by atoms with Crippen LogP contribution in [0, 0.1) is 6.92 Å². The third-order valence-corrected chi connectivity index (χ3v) is 7.29. The molecule has 7 nitrogen and oxygen atoms in total. The lowest BCUT2D eigenvalue weighted by molar-refractivity contribution is 0.300. The highest BCUT2D eigenvalue weighted by atomic mass is 16.5. The first kappa shape index (κ1) is 22.7. The van der Waals surface area contributed by atoms with Crippen molar-refractivity contribution in [1.82, 2.24) is 24.8 Å². The third kappa shape index (κ3) is 4.58. The average molecular weight is 481 g/mol. The maximum Gasteiger partial charge on any atom is 0.320 e. The number of ether oxygens (including phenoxy) is 1. The summed E-state index contributed by atoms with van der Waals surface area (Å²) < 4.78 is 7.89. The van der Waals surface area contributed by atoms with Gasteiger partial charge in [-0.3, -0.25) is 0 Å². The molecule has 7 heteroatoms. The molecule has 184 valence electrons. The van der Waals surface area contributed by atoms with Crippen LogP contribution in [0.15, 0.2) is 54.6 Å². The van der Waals surface area contributed by atoms with Crippen LogP contribution in [0.2, 0.25) is 0 Å². The zero-order chi connectivity index (χ0) is 24.5. The van der Waals surface area contributed by atoms with E-state index in [9.17, 15) is 0 Å². The van der Waals surface area contributed by atoms with Gasteiger partial charge in [0.25, 0.3) is 0 Å². The number of fused-ring (bicyclic) bond motifs is 3. The molecule has 0 unspecified atom stereocenters. The molecule has 1 aliphatic heterocycles. The highest BCUT2D eigenvalue weighted by Gasteiger charge is 2.17. The lowest BCUT2D eigenvalue weighted by atomic mass is 9.92. The van der Waals surface area contributed by atoms with Crippen LogP contribution in [-0.4, -0.2) is 32.2 Å². The number of imidazole rings is 1. The first-order chi connectivity index (χ1) is 17.6. The van der Waals surface area contributed by atoms with Crippen LogP contribution >= 0.6 is 0 Å². The number of nitrogens with two attached hydrogens (primary N) is 1. The molecule has 2 aliphatic rings. The van der Waals surface area contributed by atoms with E-state index in [2.05, 4.69) is 79.5 Å². The Morgan fingerprint density at radius 2 is 1.92 bits per heavy atom. The predicted octanol–water partition coefficient (Wildman–Crippen LogP) is 4.96. The standard InChI is InChI=1S/C29H32N6O/c1-19-32-26-27(30)33-29-34-28(26)35(19)18-21-11-14-25(23(16-21)6-3-2-4-15-36-29)22-12-9-20(10-13-22)17-31-24-7-5-8-24/h2-3,9-14,16,24,31H,4-8,15,17-18H2,1H3,(H2,30,33,34)/b3-2-. The summed E-state index contributed by atoms with van der Waals surface area (Å²) in [6, 6.07) is 16.8. The number of rotatable bonds is 4. The largest absolute Gasteiger partial charge is 0.463 e. The van der Waals surface area contributed by atoms with E-state index in [1.807, 2.05) is 6.92 Å². The van der Waals surface area contributed by atoms with Crippen molar-refractivity contribution in [2.24, 2.45) is 0 Å². The molecule has 0 amide bonds. The van der Waals surface area contributed by atoms with Gasteiger partial charge in [-0.15, -0.1) is 0 Å². The lowest BCUT2D eigenvalue weighted by Crippen LogP contribution is -2.34. The maximum atomic E-state index is 6.19. The molecule has 0 spiro atoms. The normalized spacial score (nSPS) is 16.9. The Morgan fingerprint density at radius 3 is 2.72 bits per heavy atom. The SMILES string of the molecule is Cc1nc2c(N)nc3nc2n1Cc1ccc(-c2ccc(CNC4CCC4)cc2)c(c1)C/C=C\CCO3. The molecule has 6 rings (SSSR count). The van der Waals surface area contributed by atoms with E-state index in [0.29, 0.717) is 42.2 Å². The van der Waals surface area contributed by atoms with Crippen molar-refractivity contribution in [3.63, 3.8) is 0 Å². The monoisotopic (exact) mass is 480 g/mol. The molecule has 0 radical (unpaired) electrons. The molecule has 1 saturated carbocycles. The Kier molecular flexibility index (Phi) is 6.15. The molecular weight excluding hydrogens is 448 g/mol. The second-order valence-electron chi connectivity index (χ2n) is 9.82. The number of nitrogens with one attached hydrogen (secondary N) is 1. The van der Waals surface area contributed by atoms with Crippen molar-refractivity contribution in [2.45, 2.75) is 58.2 Å². The number of allylic oxidation sites excluding steroid dienone is 1. The molecule has 1 fully saturated rings. The molecule has 2 aromatic carbocycles. The molecule has 0 saturated heterocycles. The van der Waals surface area contributed by atoms with E-state index < -0.39 is 0 Å². The van der Waals surface area contributed by atoms with Gasteiger partial charge < -0.3 is 20.4 Å². The second-order valence-corrected chi connectivity index (χ2v) is 9.82. The van der Waals surface area contributed by atoms with Crippen LogP contribution < -0.4 is 15.8 Å². The number of hydrogen-bond acceptors (Lipinski definition) is 6. The third-order valence-electron chi connectivity index (χ3n) is 7.29. The topological polar surface area (TPSA) is 90.9 Å². The average Bonchev–Trinajstić information content (AvgIpc) is 3.16.